The Balaban J connectivity index is 1.64. The summed E-state index contributed by atoms with van der Waals surface area (Å²) in [5.41, 5.74) is 2.86. The Morgan fingerprint density at radius 1 is 1.06 bits per heavy atom. The van der Waals surface area contributed by atoms with Crippen molar-refractivity contribution in [2.24, 2.45) is 0 Å². The molecule has 0 spiro atoms. The Labute approximate surface area is 207 Å². The van der Waals surface area contributed by atoms with Gasteiger partial charge < -0.3 is 5.11 Å². The predicted octanol–water partition coefficient (Wildman–Crippen LogP) is 5.40. The normalized spacial score (nSPS) is 10.7. The lowest BCUT2D eigenvalue weighted by Crippen LogP contribution is -2.03. The van der Waals surface area contributed by atoms with E-state index < -0.39 is 0 Å². The molecule has 0 amide bonds. The van der Waals surface area contributed by atoms with E-state index in [-0.39, 0.29) is 22.9 Å². The lowest BCUT2D eigenvalue weighted by atomic mass is 10.0. The van der Waals surface area contributed by atoms with Gasteiger partial charge in [0.1, 0.15) is 32.9 Å². The van der Waals surface area contributed by atoms with Gasteiger partial charge in [-0.15, -0.1) is 11.3 Å². The molecule has 1 aromatic carbocycles. The molecule has 0 saturated heterocycles. The van der Waals surface area contributed by atoms with E-state index in [2.05, 4.69) is 21.1 Å². The molecule has 11 heteroatoms. The lowest BCUT2D eigenvalue weighted by molar-refractivity contribution is 0.269. The first-order chi connectivity index (χ1) is 16.0. The maximum Gasteiger partial charge on any atom is 0.148 e. The molecule has 0 unspecified atom stereocenters. The topological polar surface area (TPSA) is 111 Å². The molecule has 4 rings (SSSR count). The maximum absolute atomic E-state index is 9.90. The van der Waals surface area contributed by atoms with Crippen LogP contribution in [-0.4, -0.2) is 31.5 Å². The fraction of sp³-hybridized carbons (Fsp3) is 0.136. The van der Waals surface area contributed by atoms with Crippen LogP contribution in [0.3, 0.4) is 0 Å². The Hall–Kier alpha value is -2.92. The minimum Gasteiger partial charge on any atom is -0.394 e. The van der Waals surface area contributed by atoms with Gasteiger partial charge in [-0.2, -0.15) is 15.6 Å². The molecule has 0 bridgehead atoms. The molecule has 0 fully saturated rings. The fourth-order valence-electron chi connectivity index (χ4n) is 3.07. The quantitative estimate of drug-likeness (QED) is 0.260. The van der Waals surface area contributed by atoms with Crippen molar-refractivity contribution in [3.05, 3.63) is 68.9 Å². The highest BCUT2D eigenvalue weighted by molar-refractivity contribution is 7.98. The third kappa shape index (κ3) is 5.03. The Morgan fingerprint density at radius 3 is 2.52 bits per heavy atom. The van der Waals surface area contributed by atoms with Crippen LogP contribution in [0.4, 0.5) is 0 Å². The van der Waals surface area contributed by atoms with E-state index in [0.29, 0.717) is 33.6 Å². The molecule has 0 radical (unpaired) electrons. The van der Waals surface area contributed by atoms with Crippen molar-refractivity contribution < 1.29 is 5.11 Å². The largest absolute Gasteiger partial charge is 0.394 e. The lowest BCUT2D eigenvalue weighted by Gasteiger charge is -2.10. The number of thioether (sulfide) groups is 1. The second-order valence-corrected chi connectivity index (χ2v) is 9.30. The van der Waals surface area contributed by atoms with Crippen molar-refractivity contribution in [3.8, 4) is 34.0 Å². The molecule has 0 aliphatic carbocycles. The molecule has 3 heterocycles. The SMILES string of the molecule is N#Cc1c(Cl)nc(SCc2csc(-c3ccc(Cl)cc3)n2)c(C#N)c1-c1ccn(CCO)n1. The molecule has 164 valence electrons. The van der Waals surface area contributed by atoms with Crippen LogP contribution in [0.5, 0.6) is 0 Å². The minimum absolute atomic E-state index is 0.00541. The summed E-state index contributed by atoms with van der Waals surface area (Å²) in [4.78, 5) is 8.96. The smallest absolute Gasteiger partial charge is 0.148 e. The van der Waals surface area contributed by atoms with Crippen molar-refractivity contribution in [2.45, 2.75) is 17.3 Å². The molecule has 0 atom stereocenters. The maximum atomic E-state index is 9.90. The third-order valence-electron chi connectivity index (χ3n) is 4.57. The first-order valence-corrected chi connectivity index (χ1v) is 12.2. The second-order valence-electron chi connectivity index (χ2n) is 6.68. The molecule has 0 aliphatic heterocycles. The minimum atomic E-state index is -0.0822. The van der Waals surface area contributed by atoms with E-state index in [1.165, 1.54) is 27.8 Å². The molecular formula is C22H14Cl2N6OS2. The number of benzene rings is 1. The molecular weight excluding hydrogens is 499 g/mol. The number of aromatic nitrogens is 4. The van der Waals surface area contributed by atoms with Crippen molar-refractivity contribution in [1.82, 2.24) is 19.7 Å². The number of nitrogens with zero attached hydrogens (tertiary/aromatic N) is 6. The van der Waals surface area contributed by atoms with Gasteiger partial charge in [-0.05, 0) is 18.2 Å². The third-order valence-corrected chi connectivity index (χ3v) is 7.04. The molecule has 3 aromatic heterocycles. The molecule has 0 saturated carbocycles. The zero-order chi connectivity index (χ0) is 23.4. The van der Waals surface area contributed by atoms with Crippen LogP contribution in [-0.2, 0) is 12.3 Å². The van der Waals surface area contributed by atoms with Crippen LogP contribution < -0.4 is 0 Å². The van der Waals surface area contributed by atoms with Crippen LogP contribution in [0.15, 0.2) is 46.9 Å². The molecule has 33 heavy (non-hydrogen) atoms. The van der Waals surface area contributed by atoms with Gasteiger partial charge in [-0.25, -0.2) is 9.97 Å². The first-order valence-electron chi connectivity index (χ1n) is 9.55. The van der Waals surface area contributed by atoms with Crippen LogP contribution in [0.25, 0.3) is 21.8 Å². The number of hydrogen-bond donors (Lipinski definition) is 1. The summed E-state index contributed by atoms with van der Waals surface area (Å²) in [5.74, 6) is 0.465. The summed E-state index contributed by atoms with van der Waals surface area (Å²) in [5, 5.41) is 36.9. The van der Waals surface area contributed by atoms with E-state index in [1.54, 1.807) is 12.3 Å². The van der Waals surface area contributed by atoms with Crippen molar-refractivity contribution in [1.29, 1.82) is 10.5 Å². The predicted molar refractivity (Wildman–Crippen MR) is 129 cm³/mol. The Kier molecular flexibility index (Phi) is 7.29. The van der Waals surface area contributed by atoms with Gasteiger partial charge in [0.15, 0.2) is 0 Å². The number of thiazole rings is 1. The number of halogens is 2. The number of aliphatic hydroxyl groups is 1. The number of rotatable bonds is 7. The summed E-state index contributed by atoms with van der Waals surface area (Å²) in [6.07, 6.45) is 1.67. The highest BCUT2D eigenvalue weighted by Gasteiger charge is 2.23. The van der Waals surface area contributed by atoms with Crippen LogP contribution in [0, 0.1) is 22.7 Å². The van der Waals surface area contributed by atoms with Gasteiger partial charge in [-0.1, -0.05) is 47.1 Å². The summed E-state index contributed by atoms with van der Waals surface area (Å²) in [6.45, 7) is 0.213. The van der Waals surface area contributed by atoms with Crippen LogP contribution in [0.1, 0.15) is 16.8 Å². The van der Waals surface area contributed by atoms with E-state index in [0.717, 1.165) is 16.3 Å². The average Bonchev–Trinajstić information content (AvgIpc) is 3.48. The standard InChI is InChI=1S/C22H14Cl2N6OS2/c23-14-3-1-13(2-4-14)21-27-15(11-32-21)12-33-22-17(10-26)19(16(9-25)20(24)28-22)18-5-6-30(29-18)7-8-31/h1-6,11,31H,7-8,12H2. The Morgan fingerprint density at radius 2 is 1.82 bits per heavy atom. The summed E-state index contributed by atoms with van der Waals surface area (Å²) < 4.78 is 1.53. The zero-order valence-corrected chi connectivity index (χ0v) is 20.0. The molecule has 0 aliphatic rings. The van der Waals surface area contributed by atoms with Crippen LogP contribution >= 0.6 is 46.3 Å². The number of nitriles is 2. The first kappa shape index (κ1) is 23.2. The van der Waals surface area contributed by atoms with E-state index in [9.17, 15) is 10.5 Å². The van der Waals surface area contributed by atoms with Crippen molar-refractivity contribution in [3.63, 3.8) is 0 Å². The summed E-state index contributed by atoms with van der Waals surface area (Å²) in [7, 11) is 0. The molecule has 1 N–H and O–H groups in total. The number of pyridine rings is 1. The van der Waals surface area contributed by atoms with Gasteiger partial charge in [0, 0.05) is 33.5 Å². The second kappa shape index (κ2) is 10.3. The van der Waals surface area contributed by atoms with Gasteiger partial charge in [0.2, 0.25) is 0 Å². The van der Waals surface area contributed by atoms with Gasteiger partial charge in [0.25, 0.3) is 0 Å². The highest BCUT2D eigenvalue weighted by atomic mass is 35.5. The van der Waals surface area contributed by atoms with Crippen molar-refractivity contribution >= 4 is 46.3 Å². The van der Waals surface area contributed by atoms with Gasteiger partial charge in [-0.3, -0.25) is 4.68 Å². The average molecular weight is 513 g/mol. The summed E-state index contributed by atoms with van der Waals surface area (Å²) >= 11 is 15.1. The monoisotopic (exact) mass is 512 g/mol. The fourth-order valence-corrected chi connectivity index (χ4v) is 5.27. The molecule has 4 aromatic rings. The van der Waals surface area contributed by atoms with E-state index in [1.807, 2.05) is 35.7 Å². The van der Waals surface area contributed by atoms with Crippen molar-refractivity contribution in [2.75, 3.05) is 6.61 Å². The zero-order valence-electron chi connectivity index (χ0n) is 16.9. The van der Waals surface area contributed by atoms with Gasteiger partial charge >= 0.3 is 0 Å². The van der Waals surface area contributed by atoms with E-state index >= 15 is 0 Å². The highest BCUT2D eigenvalue weighted by Crippen LogP contribution is 2.37. The Bertz CT molecular complexity index is 1390. The van der Waals surface area contributed by atoms with Crippen LogP contribution in [0.2, 0.25) is 10.2 Å². The summed E-state index contributed by atoms with van der Waals surface area (Å²) in [6, 6.07) is 13.3. The number of hydrogen-bond acceptors (Lipinski definition) is 8. The van der Waals surface area contributed by atoms with E-state index in [4.69, 9.17) is 28.3 Å². The number of aliphatic hydroxyl groups excluding tert-OH is 1. The molecule has 7 nitrogen and oxygen atoms in total. The van der Waals surface area contributed by atoms with Gasteiger partial charge in [0.05, 0.1) is 30.1 Å².